The SMILES string of the molecule is [C-]#[N+]c1c(N2CCN(Cc3cccnc3CC)CC2)cn[nH]c1=O. The van der Waals surface area contributed by atoms with Crippen molar-refractivity contribution in [1.29, 1.82) is 0 Å². The Morgan fingerprint density at radius 1 is 1.33 bits per heavy atom. The highest BCUT2D eigenvalue weighted by atomic mass is 16.1. The number of nitrogens with one attached hydrogen (secondary N) is 1. The lowest BCUT2D eigenvalue weighted by molar-refractivity contribution is 0.249. The van der Waals surface area contributed by atoms with E-state index in [0.29, 0.717) is 5.69 Å². The molecule has 2 aromatic heterocycles. The minimum absolute atomic E-state index is 0.124. The van der Waals surface area contributed by atoms with Crippen LogP contribution in [0.2, 0.25) is 0 Å². The van der Waals surface area contributed by atoms with Crippen LogP contribution in [0.5, 0.6) is 0 Å². The zero-order valence-corrected chi connectivity index (χ0v) is 13.7. The zero-order chi connectivity index (χ0) is 16.9. The molecule has 124 valence electrons. The Kier molecular flexibility index (Phi) is 4.87. The van der Waals surface area contributed by atoms with Gasteiger partial charge >= 0.3 is 0 Å². The molecule has 7 nitrogen and oxygen atoms in total. The van der Waals surface area contributed by atoms with E-state index in [1.54, 1.807) is 6.20 Å². The summed E-state index contributed by atoms with van der Waals surface area (Å²) in [5.74, 6) is 0. The molecular weight excluding hydrogens is 304 g/mol. The van der Waals surface area contributed by atoms with E-state index in [1.807, 2.05) is 12.3 Å². The number of piperazine rings is 1. The number of H-pyrrole nitrogens is 1. The number of rotatable bonds is 4. The lowest BCUT2D eigenvalue weighted by atomic mass is 10.1. The maximum absolute atomic E-state index is 11.7. The second-order valence-corrected chi connectivity index (χ2v) is 5.77. The third kappa shape index (κ3) is 3.29. The number of aryl methyl sites for hydroxylation is 1. The van der Waals surface area contributed by atoms with Gasteiger partial charge in [0.2, 0.25) is 0 Å². The van der Waals surface area contributed by atoms with Crippen molar-refractivity contribution in [3.8, 4) is 0 Å². The minimum atomic E-state index is -0.423. The second-order valence-electron chi connectivity index (χ2n) is 5.77. The van der Waals surface area contributed by atoms with Crippen LogP contribution < -0.4 is 10.5 Å². The predicted molar refractivity (Wildman–Crippen MR) is 92.2 cm³/mol. The summed E-state index contributed by atoms with van der Waals surface area (Å²) in [6, 6.07) is 4.12. The molecule has 7 heteroatoms. The van der Waals surface area contributed by atoms with Gasteiger partial charge in [0.05, 0.1) is 18.5 Å². The number of aromatic nitrogens is 3. The van der Waals surface area contributed by atoms with Gasteiger partial charge in [-0.25, -0.2) is 4.85 Å². The fourth-order valence-electron chi connectivity index (χ4n) is 3.04. The first-order valence-electron chi connectivity index (χ1n) is 8.08. The van der Waals surface area contributed by atoms with Crippen LogP contribution in [-0.4, -0.2) is 46.3 Å². The van der Waals surface area contributed by atoms with Crippen molar-refractivity contribution < 1.29 is 0 Å². The maximum atomic E-state index is 11.7. The van der Waals surface area contributed by atoms with E-state index < -0.39 is 5.56 Å². The minimum Gasteiger partial charge on any atom is -0.376 e. The molecule has 3 heterocycles. The summed E-state index contributed by atoms with van der Waals surface area (Å²) in [5.41, 5.74) is 2.75. The summed E-state index contributed by atoms with van der Waals surface area (Å²) in [5, 5.41) is 6.15. The fraction of sp³-hybridized carbons (Fsp3) is 0.412. The largest absolute Gasteiger partial charge is 0.376 e. The molecule has 0 bridgehead atoms. The highest BCUT2D eigenvalue weighted by Crippen LogP contribution is 2.24. The smallest absolute Gasteiger partial charge is 0.275 e. The molecule has 0 aliphatic carbocycles. The van der Waals surface area contributed by atoms with Crippen molar-refractivity contribution in [2.45, 2.75) is 19.9 Å². The molecule has 24 heavy (non-hydrogen) atoms. The van der Waals surface area contributed by atoms with Crippen molar-refractivity contribution in [3.05, 3.63) is 57.6 Å². The van der Waals surface area contributed by atoms with E-state index >= 15 is 0 Å². The van der Waals surface area contributed by atoms with Crippen LogP contribution in [0.15, 0.2) is 29.3 Å². The lowest BCUT2D eigenvalue weighted by Gasteiger charge is -2.36. The van der Waals surface area contributed by atoms with Crippen LogP contribution in [0.25, 0.3) is 4.85 Å². The Labute approximate surface area is 140 Å². The number of hydrogen-bond donors (Lipinski definition) is 1. The Bertz CT molecular complexity index is 801. The van der Waals surface area contributed by atoms with Gasteiger partial charge in [-0.3, -0.25) is 19.8 Å². The molecular formula is C17H20N6O. The highest BCUT2D eigenvalue weighted by Gasteiger charge is 2.21. The van der Waals surface area contributed by atoms with Crippen molar-refractivity contribution >= 4 is 11.4 Å². The molecule has 0 atom stereocenters. The van der Waals surface area contributed by atoms with Crippen LogP contribution in [0.3, 0.4) is 0 Å². The standard InChI is InChI=1S/C17H20N6O/c1-3-14-13(5-4-6-19-14)12-22-7-9-23(10-8-22)15-11-20-21-17(24)16(15)18-2/h4-6,11H,3,7-10,12H2,1H3,(H,21,24). The summed E-state index contributed by atoms with van der Waals surface area (Å²) < 4.78 is 0. The van der Waals surface area contributed by atoms with E-state index in [4.69, 9.17) is 6.57 Å². The first-order valence-corrected chi connectivity index (χ1v) is 8.08. The number of pyridine rings is 1. The molecule has 0 aromatic carbocycles. The summed E-state index contributed by atoms with van der Waals surface area (Å²) in [4.78, 5) is 24.0. The van der Waals surface area contributed by atoms with Crippen molar-refractivity contribution in [3.63, 3.8) is 0 Å². The molecule has 1 aliphatic heterocycles. The number of hydrogen-bond acceptors (Lipinski definition) is 5. The molecule has 1 aliphatic rings. The quantitative estimate of drug-likeness (QED) is 0.865. The normalized spacial score (nSPS) is 15.2. The van der Waals surface area contributed by atoms with Gasteiger partial charge in [0, 0.05) is 44.6 Å². The van der Waals surface area contributed by atoms with Gasteiger partial charge in [-0.15, -0.1) is 0 Å². The first-order chi connectivity index (χ1) is 11.7. The molecule has 0 amide bonds. The predicted octanol–water partition coefficient (Wildman–Crippen LogP) is 1.60. The van der Waals surface area contributed by atoms with Crippen LogP contribution in [0.1, 0.15) is 18.2 Å². The summed E-state index contributed by atoms with van der Waals surface area (Å²) in [7, 11) is 0. The molecule has 1 saturated heterocycles. The Hall–Kier alpha value is -2.72. The number of nitrogens with zero attached hydrogens (tertiary/aromatic N) is 5. The first kappa shape index (κ1) is 16.1. The molecule has 0 radical (unpaired) electrons. The van der Waals surface area contributed by atoms with Gasteiger partial charge in [0.15, 0.2) is 0 Å². The topological polar surface area (TPSA) is 69.5 Å². The summed E-state index contributed by atoms with van der Waals surface area (Å²) in [6.07, 6.45) is 4.34. The Morgan fingerprint density at radius 3 is 2.83 bits per heavy atom. The van der Waals surface area contributed by atoms with E-state index in [-0.39, 0.29) is 5.69 Å². The number of aromatic amines is 1. The highest BCUT2D eigenvalue weighted by molar-refractivity contribution is 5.68. The molecule has 1 N–H and O–H groups in total. The Balaban J connectivity index is 1.68. The molecule has 0 spiro atoms. The molecule has 0 saturated carbocycles. The molecule has 1 fully saturated rings. The van der Waals surface area contributed by atoms with Gasteiger partial charge in [-0.1, -0.05) is 13.0 Å². The van der Waals surface area contributed by atoms with Crippen LogP contribution in [0, 0.1) is 6.57 Å². The maximum Gasteiger partial charge on any atom is 0.275 e. The zero-order valence-electron chi connectivity index (χ0n) is 13.7. The fourth-order valence-corrected chi connectivity index (χ4v) is 3.04. The van der Waals surface area contributed by atoms with Gasteiger partial charge in [0.25, 0.3) is 11.2 Å². The third-order valence-electron chi connectivity index (χ3n) is 4.35. The second kappa shape index (κ2) is 7.23. The van der Waals surface area contributed by atoms with Crippen LogP contribution in [-0.2, 0) is 13.0 Å². The lowest BCUT2D eigenvalue weighted by Crippen LogP contribution is -2.46. The Morgan fingerprint density at radius 2 is 2.12 bits per heavy atom. The van der Waals surface area contributed by atoms with Gasteiger partial charge in [-0.05, 0) is 18.1 Å². The number of anilines is 1. The van der Waals surface area contributed by atoms with E-state index in [0.717, 1.165) is 44.8 Å². The van der Waals surface area contributed by atoms with Gasteiger partial charge in [0.1, 0.15) is 0 Å². The van der Waals surface area contributed by atoms with E-state index in [1.165, 1.54) is 5.56 Å². The molecule has 2 aromatic rings. The van der Waals surface area contributed by atoms with Crippen LogP contribution in [0.4, 0.5) is 11.4 Å². The van der Waals surface area contributed by atoms with Gasteiger partial charge in [-0.2, -0.15) is 5.10 Å². The van der Waals surface area contributed by atoms with Crippen molar-refractivity contribution in [2.24, 2.45) is 0 Å². The molecule has 0 unspecified atom stereocenters. The average Bonchev–Trinajstić information content (AvgIpc) is 2.62. The monoisotopic (exact) mass is 324 g/mol. The summed E-state index contributed by atoms with van der Waals surface area (Å²) >= 11 is 0. The van der Waals surface area contributed by atoms with Crippen molar-refractivity contribution in [2.75, 3.05) is 31.1 Å². The summed E-state index contributed by atoms with van der Waals surface area (Å²) in [6.45, 7) is 13.5. The average molecular weight is 324 g/mol. The van der Waals surface area contributed by atoms with Gasteiger partial charge < -0.3 is 4.90 Å². The van der Waals surface area contributed by atoms with Crippen LogP contribution >= 0.6 is 0 Å². The van der Waals surface area contributed by atoms with E-state index in [2.05, 4.69) is 42.8 Å². The molecule has 3 rings (SSSR count). The van der Waals surface area contributed by atoms with E-state index in [9.17, 15) is 4.79 Å². The third-order valence-corrected chi connectivity index (χ3v) is 4.35. The van der Waals surface area contributed by atoms with Crippen molar-refractivity contribution in [1.82, 2.24) is 20.1 Å².